The number of ether oxygens (including phenoxy) is 1. The van der Waals surface area contributed by atoms with Gasteiger partial charge in [-0.05, 0) is 63.2 Å². The Morgan fingerprint density at radius 3 is 2.46 bits per heavy atom. The molecule has 0 aliphatic heterocycles. The summed E-state index contributed by atoms with van der Waals surface area (Å²) < 4.78 is 7.03. The Morgan fingerprint density at radius 2 is 1.84 bits per heavy atom. The predicted octanol–water partition coefficient (Wildman–Crippen LogP) is 5.57. The average molecular weight is 521 g/mol. The molecule has 37 heavy (non-hydrogen) atoms. The third kappa shape index (κ3) is 5.03. The molecule has 1 amide bonds. The molecule has 4 aromatic rings. The number of benzene rings is 3. The minimum atomic E-state index is -0.646. The van der Waals surface area contributed by atoms with Crippen molar-refractivity contribution in [2.24, 2.45) is 0 Å². The first kappa shape index (κ1) is 25.8. The van der Waals surface area contributed by atoms with Crippen LogP contribution < -0.4 is 10.3 Å². The van der Waals surface area contributed by atoms with Crippen LogP contribution in [0.2, 0.25) is 5.02 Å². The van der Waals surface area contributed by atoms with E-state index in [2.05, 4.69) is 0 Å². The molecule has 3 aromatic carbocycles. The predicted molar refractivity (Wildman–Crippen MR) is 142 cm³/mol. The van der Waals surface area contributed by atoms with Gasteiger partial charge in [-0.1, -0.05) is 23.7 Å². The van der Waals surface area contributed by atoms with Gasteiger partial charge in [0.15, 0.2) is 0 Å². The Morgan fingerprint density at radius 1 is 1.14 bits per heavy atom. The maximum Gasteiger partial charge on any atom is 0.270 e. The number of nitro groups is 1. The first-order valence-corrected chi connectivity index (χ1v) is 12.1. The Bertz CT molecular complexity index is 1530. The molecule has 0 radical (unpaired) electrons. The van der Waals surface area contributed by atoms with Crippen molar-refractivity contribution in [1.29, 1.82) is 0 Å². The lowest BCUT2D eigenvalue weighted by Crippen LogP contribution is -2.37. The van der Waals surface area contributed by atoms with Crippen LogP contribution in [0.1, 0.15) is 43.0 Å². The van der Waals surface area contributed by atoms with Gasteiger partial charge in [-0.2, -0.15) is 0 Å². The number of hydrogen-bond donors (Lipinski definition) is 0. The van der Waals surface area contributed by atoms with E-state index in [0.717, 1.165) is 6.07 Å². The second kappa shape index (κ2) is 10.8. The topological polar surface area (TPSA) is 108 Å². The fourth-order valence-electron chi connectivity index (χ4n) is 4.22. The lowest BCUT2D eigenvalue weighted by atomic mass is 10.1. The second-order valence-corrected chi connectivity index (χ2v) is 8.65. The van der Waals surface area contributed by atoms with E-state index in [-0.39, 0.29) is 28.4 Å². The summed E-state index contributed by atoms with van der Waals surface area (Å²) in [7, 11) is 0. The molecular weight excluding hydrogens is 496 g/mol. The number of amides is 1. The lowest BCUT2D eigenvalue weighted by Gasteiger charge is -2.30. The summed E-state index contributed by atoms with van der Waals surface area (Å²) in [6.45, 7) is 6.26. The number of fused-ring (bicyclic) bond motifs is 1. The first-order chi connectivity index (χ1) is 17.8. The minimum Gasteiger partial charge on any atom is -0.494 e. The second-order valence-electron chi connectivity index (χ2n) is 8.24. The average Bonchev–Trinajstić information content (AvgIpc) is 2.89. The molecule has 9 nitrogen and oxygen atoms in total. The highest BCUT2D eigenvalue weighted by Crippen LogP contribution is 2.28. The number of nitro benzene ring substituents is 1. The van der Waals surface area contributed by atoms with Crippen LogP contribution in [-0.2, 0) is 0 Å². The Hall–Kier alpha value is -4.24. The zero-order valence-electron chi connectivity index (χ0n) is 20.6. The maximum atomic E-state index is 13.7. The van der Waals surface area contributed by atoms with E-state index < -0.39 is 16.9 Å². The van der Waals surface area contributed by atoms with Crippen LogP contribution in [-0.4, -0.2) is 38.4 Å². The molecule has 0 spiro atoms. The molecule has 0 saturated carbocycles. The zero-order valence-corrected chi connectivity index (χ0v) is 21.3. The summed E-state index contributed by atoms with van der Waals surface area (Å²) >= 11 is 6.26. The molecule has 0 fully saturated rings. The van der Waals surface area contributed by atoms with E-state index in [9.17, 15) is 19.7 Å². The van der Waals surface area contributed by atoms with Crippen molar-refractivity contribution in [2.75, 3.05) is 13.2 Å². The van der Waals surface area contributed by atoms with Gasteiger partial charge < -0.3 is 9.64 Å². The molecule has 0 N–H and O–H groups in total. The quantitative estimate of drug-likeness (QED) is 0.222. The molecule has 190 valence electrons. The smallest absolute Gasteiger partial charge is 0.270 e. The fourth-order valence-corrected chi connectivity index (χ4v) is 4.47. The summed E-state index contributed by atoms with van der Waals surface area (Å²) in [5, 5.41) is 11.5. The highest BCUT2D eigenvalue weighted by atomic mass is 35.5. The van der Waals surface area contributed by atoms with Gasteiger partial charge in [0.1, 0.15) is 11.6 Å². The monoisotopic (exact) mass is 520 g/mol. The van der Waals surface area contributed by atoms with Crippen LogP contribution in [0.25, 0.3) is 16.6 Å². The van der Waals surface area contributed by atoms with Crippen LogP contribution in [0.5, 0.6) is 5.75 Å². The van der Waals surface area contributed by atoms with E-state index in [1.54, 1.807) is 62.4 Å². The molecule has 10 heteroatoms. The zero-order chi connectivity index (χ0) is 26.7. The van der Waals surface area contributed by atoms with Gasteiger partial charge in [-0.25, -0.2) is 4.98 Å². The molecule has 0 saturated heterocycles. The summed E-state index contributed by atoms with van der Waals surface area (Å²) in [6.07, 6.45) is 0. The Labute approximate surface area is 218 Å². The largest absolute Gasteiger partial charge is 0.494 e. The fraction of sp³-hybridized carbons (Fsp3) is 0.222. The van der Waals surface area contributed by atoms with E-state index in [4.69, 9.17) is 21.3 Å². The molecular formula is C27H25ClN4O5. The van der Waals surface area contributed by atoms with Crippen molar-refractivity contribution in [3.8, 4) is 11.4 Å². The van der Waals surface area contributed by atoms with Gasteiger partial charge in [0, 0.05) is 18.7 Å². The number of carbonyl (C=O) groups excluding carboxylic acids is 1. The first-order valence-electron chi connectivity index (χ1n) is 11.8. The van der Waals surface area contributed by atoms with Gasteiger partial charge in [-0.3, -0.25) is 24.3 Å². The van der Waals surface area contributed by atoms with E-state index in [1.165, 1.54) is 21.6 Å². The number of halogens is 1. The van der Waals surface area contributed by atoms with Crippen LogP contribution >= 0.6 is 11.6 Å². The van der Waals surface area contributed by atoms with Crippen molar-refractivity contribution < 1.29 is 14.5 Å². The number of carbonyl (C=O) groups is 1. The number of para-hydroxylation sites is 1. The van der Waals surface area contributed by atoms with Crippen LogP contribution in [0.3, 0.4) is 0 Å². The van der Waals surface area contributed by atoms with Gasteiger partial charge in [0.05, 0.1) is 44.7 Å². The van der Waals surface area contributed by atoms with Gasteiger partial charge in [0.2, 0.25) is 0 Å². The third-order valence-electron chi connectivity index (χ3n) is 6.04. The lowest BCUT2D eigenvalue weighted by molar-refractivity contribution is -0.384. The minimum absolute atomic E-state index is 0.0276. The standard InChI is InChI=1S/C27H25ClN4O5/c1-4-30(26(33)21-15-12-19(32(35)36)16-23(21)28)17(3)25-29-24-9-7-6-8-22(24)27(34)31(25)18-10-13-20(14-11-18)37-5-2/h6-17H,4-5H2,1-3H3. The number of aromatic nitrogens is 2. The van der Waals surface area contributed by atoms with E-state index >= 15 is 0 Å². The van der Waals surface area contributed by atoms with Gasteiger partial charge >= 0.3 is 0 Å². The normalized spacial score (nSPS) is 11.8. The van der Waals surface area contributed by atoms with E-state index in [1.807, 2.05) is 6.92 Å². The number of rotatable bonds is 8. The molecule has 1 unspecified atom stereocenters. The third-order valence-corrected chi connectivity index (χ3v) is 6.36. The highest BCUT2D eigenvalue weighted by Gasteiger charge is 2.28. The Balaban J connectivity index is 1.84. The number of hydrogen-bond acceptors (Lipinski definition) is 6. The molecule has 1 atom stereocenters. The molecule has 0 aliphatic rings. The van der Waals surface area contributed by atoms with Crippen molar-refractivity contribution >= 4 is 34.1 Å². The summed E-state index contributed by atoms with van der Waals surface area (Å²) in [5.74, 6) is 0.595. The molecule has 1 aromatic heterocycles. The van der Waals surface area contributed by atoms with Gasteiger partial charge in [-0.15, -0.1) is 0 Å². The molecule has 0 aliphatic carbocycles. The van der Waals surface area contributed by atoms with Crippen molar-refractivity contribution in [3.05, 3.63) is 104 Å². The molecule has 0 bridgehead atoms. The van der Waals surface area contributed by atoms with Crippen LogP contribution in [0, 0.1) is 10.1 Å². The number of non-ortho nitro benzene ring substituents is 1. The SMILES string of the molecule is CCOc1ccc(-n2c(C(C)N(CC)C(=O)c3ccc([N+](=O)[O-])cc3Cl)nc3ccccc3c2=O)cc1. The van der Waals surface area contributed by atoms with Crippen molar-refractivity contribution in [3.63, 3.8) is 0 Å². The van der Waals surface area contributed by atoms with E-state index in [0.29, 0.717) is 34.8 Å². The molecule has 4 rings (SSSR count). The van der Waals surface area contributed by atoms with Crippen LogP contribution in [0.15, 0.2) is 71.5 Å². The summed E-state index contributed by atoms with van der Waals surface area (Å²) in [4.78, 5) is 44.0. The van der Waals surface area contributed by atoms with Crippen molar-refractivity contribution in [1.82, 2.24) is 14.5 Å². The number of nitrogens with zero attached hydrogens (tertiary/aromatic N) is 4. The highest BCUT2D eigenvalue weighted by molar-refractivity contribution is 6.34. The maximum absolute atomic E-state index is 13.7. The molecule has 1 heterocycles. The van der Waals surface area contributed by atoms with Crippen LogP contribution in [0.4, 0.5) is 5.69 Å². The van der Waals surface area contributed by atoms with Gasteiger partial charge in [0.25, 0.3) is 17.2 Å². The van der Waals surface area contributed by atoms with Crippen molar-refractivity contribution in [2.45, 2.75) is 26.8 Å². The Kier molecular flexibility index (Phi) is 7.54. The summed E-state index contributed by atoms with van der Waals surface area (Å²) in [6, 6.07) is 17.2. The summed E-state index contributed by atoms with van der Waals surface area (Å²) in [5.41, 5.74) is 0.724.